The van der Waals surface area contributed by atoms with Crippen LogP contribution in [0.3, 0.4) is 0 Å². The Bertz CT molecular complexity index is 1060. The van der Waals surface area contributed by atoms with Crippen LogP contribution in [0.4, 0.5) is 16.2 Å². The van der Waals surface area contributed by atoms with Crippen LogP contribution < -0.4 is 15.5 Å². The van der Waals surface area contributed by atoms with Crippen molar-refractivity contribution in [1.29, 1.82) is 0 Å². The van der Waals surface area contributed by atoms with Gasteiger partial charge in [-0.25, -0.2) is 9.59 Å². The molecule has 2 amide bonds. The lowest BCUT2D eigenvalue weighted by molar-refractivity contribution is -0.384. The van der Waals surface area contributed by atoms with Crippen molar-refractivity contribution < 1.29 is 23.7 Å². The zero-order valence-corrected chi connectivity index (χ0v) is 18.2. The van der Waals surface area contributed by atoms with Crippen LogP contribution in [0.5, 0.6) is 0 Å². The zero-order chi connectivity index (χ0) is 23.4. The molecule has 2 aromatic rings. The summed E-state index contributed by atoms with van der Waals surface area (Å²) >= 11 is 0. The van der Waals surface area contributed by atoms with Crippen molar-refractivity contribution in [2.45, 2.75) is 13.0 Å². The topological polar surface area (TPSA) is 130 Å². The molecule has 1 saturated heterocycles. The van der Waals surface area contributed by atoms with Gasteiger partial charge in [0.25, 0.3) is 5.69 Å². The van der Waals surface area contributed by atoms with E-state index in [0.717, 1.165) is 0 Å². The van der Waals surface area contributed by atoms with Crippen molar-refractivity contribution in [1.82, 2.24) is 15.5 Å². The first-order valence-electron chi connectivity index (χ1n) is 10.7. The summed E-state index contributed by atoms with van der Waals surface area (Å²) in [4.78, 5) is 40.2. The largest absolute Gasteiger partial charge is 0.467 e. The predicted molar refractivity (Wildman–Crippen MR) is 119 cm³/mol. The number of hydrogen-bond acceptors (Lipinski definition) is 8. The molecule has 2 aliphatic rings. The molecular formula is C22H25N5O6. The summed E-state index contributed by atoms with van der Waals surface area (Å²) in [6.45, 7) is 4.57. The van der Waals surface area contributed by atoms with E-state index < -0.39 is 18.0 Å². The van der Waals surface area contributed by atoms with Crippen molar-refractivity contribution in [3.8, 4) is 0 Å². The van der Waals surface area contributed by atoms with Gasteiger partial charge in [0.05, 0.1) is 23.4 Å². The Kier molecular flexibility index (Phi) is 6.59. The normalized spacial score (nSPS) is 19.1. The van der Waals surface area contributed by atoms with Crippen molar-refractivity contribution in [3.05, 3.63) is 69.8 Å². The van der Waals surface area contributed by atoms with Gasteiger partial charge in [-0.15, -0.1) is 0 Å². The molecule has 0 saturated carbocycles. The number of hydrogen-bond donors (Lipinski definition) is 2. The van der Waals surface area contributed by atoms with E-state index in [1.165, 1.54) is 12.3 Å². The molecule has 0 bridgehead atoms. The molecule has 0 aliphatic carbocycles. The third-order valence-electron chi connectivity index (χ3n) is 5.65. The second kappa shape index (κ2) is 9.74. The molecule has 1 aromatic carbocycles. The number of nitro groups is 1. The lowest BCUT2D eigenvalue weighted by Gasteiger charge is -2.37. The summed E-state index contributed by atoms with van der Waals surface area (Å²) in [7, 11) is 0. The maximum Gasteiger partial charge on any atom is 0.338 e. The lowest BCUT2D eigenvalue weighted by Crippen LogP contribution is -2.51. The predicted octanol–water partition coefficient (Wildman–Crippen LogP) is 2.18. The number of esters is 1. The quantitative estimate of drug-likeness (QED) is 0.369. The summed E-state index contributed by atoms with van der Waals surface area (Å²) in [5.41, 5.74) is 1.41. The monoisotopic (exact) mass is 455 g/mol. The molecule has 174 valence electrons. The van der Waals surface area contributed by atoms with E-state index in [4.69, 9.17) is 9.15 Å². The number of para-hydroxylation sites is 2. The molecule has 2 N–H and O–H groups in total. The summed E-state index contributed by atoms with van der Waals surface area (Å²) in [6, 6.07) is 8.87. The van der Waals surface area contributed by atoms with Crippen LogP contribution in [-0.2, 0) is 9.53 Å². The molecule has 1 fully saturated rings. The molecule has 1 atom stereocenters. The minimum absolute atomic E-state index is 0.0742. The summed E-state index contributed by atoms with van der Waals surface area (Å²) in [5, 5.41) is 16.9. The average Bonchev–Trinajstić information content (AvgIpc) is 3.34. The van der Waals surface area contributed by atoms with Gasteiger partial charge < -0.3 is 24.7 Å². The maximum absolute atomic E-state index is 12.8. The minimum atomic E-state index is -0.754. The standard InChI is InChI=1S/C22H25N5O6/c1-2-32-21(28)19-15(23-22(29)24-20(19)18-8-5-13-33-18)14-25-9-11-26(12-10-25)16-6-3-4-7-17(16)27(30)31/h3-8,13,20H,2,9-12,14H2,1H3,(H2,23,24,29). The molecule has 1 aromatic heterocycles. The van der Waals surface area contributed by atoms with Crippen molar-refractivity contribution in [3.63, 3.8) is 0 Å². The number of anilines is 1. The number of amides is 2. The van der Waals surface area contributed by atoms with Crippen LogP contribution >= 0.6 is 0 Å². The Morgan fingerprint density at radius 3 is 2.64 bits per heavy atom. The third kappa shape index (κ3) is 4.82. The summed E-state index contributed by atoms with van der Waals surface area (Å²) in [6.07, 6.45) is 1.48. The summed E-state index contributed by atoms with van der Waals surface area (Å²) in [5.74, 6) is -0.0912. The van der Waals surface area contributed by atoms with Gasteiger partial charge in [0, 0.05) is 44.5 Å². The Balaban J connectivity index is 1.53. The number of nitro benzene ring substituents is 1. The van der Waals surface area contributed by atoms with Gasteiger partial charge in [-0.05, 0) is 25.1 Å². The van der Waals surface area contributed by atoms with Gasteiger partial charge in [-0.2, -0.15) is 0 Å². The van der Waals surface area contributed by atoms with E-state index in [0.29, 0.717) is 55.4 Å². The third-order valence-corrected chi connectivity index (χ3v) is 5.65. The van der Waals surface area contributed by atoms with Gasteiger partial charge in [0.15, 0.2) is 0 Å². The maximum atomic E-state index is 12.8. The summed E-state index contributed by atoms with van der Waals surface area (Å²) < 4.78 is 10.7. The molecule has 0 spiro atoms. The van der Waals surface area contributed by atoms with Crippen LogP contribution in [0.2, 0.25) is 0 Å². The second-order valence-corrected chi connectivity index (χ2v) is 7.67. The van der Waals surface area contributed by atoms with Gasteiger partial charge in [-0.3, -0.25) is 15.0 Å². The Hall–Kier alpha value is -3.86. The van der Waals surface area contributed by atoms with E-state index >= 15 is 0 Å². The van der Waals surface area contributed by atoms with Crippen LogP contribution in [0.25, 0.3) is 0 Å². The van der Waals surface area contributed by atoms with E-state index in [1.807, 2.05) is 4.90 Å². The fraction of sp³-hybridized carbons (Fsp3) is 0.364. The zero-order valence-electron chi connectivity index (χ0n) is 18.2. The highest BCUT2D eigenvalue weighted by molar-refractivity contribution is 5.95. The van der Waals surface area contributed by atoms with Crippen LogP contribution in [-0.4, -0.2) is 61.2 Å². The van der Waals surface area contributed by atoms with Gasteiger partial charge >= 0.3 is 12.0 Å². The average molecular weight is 455 g/mol. The van der Waals surface area contributed by atoms with Crippen molar-refractivity contribution >= 4 is 23.4 Å². The molecule has 1 unspecified atom stereocenters. The fourth-order valence-electron chi connectivity index (χ4n) is 4.12. The number of urea groups is 1. The van der Waals surface area contributed by atoms with Crippen LogP contribution in [0, 0.1) is 10.1 Å². The smallest absolute Gasteiger partial charge is 0.338 e. The van der Waals surface area contributed by atoms with E-state index in [9.17, 15) is 19.7 Å². The highest BCUT2D eigenvalue weighted by Gasteiger charge is 2.36. The van der Waals surface area contributed by atoms with Gasteiger partial charge in [0.2, 0.25) is 0 Å². The molecule has 4 rings (SSSR count). The first-order valence-corrected chi connectivity index (χ1v) is 10.7. The molecule has 3 heterocycles. The molecule has 33 heavy (non-hydrogen) atoms. The first kappa shape index (κ1) is 22.3. The van der Waals surface area contributed by atoms with Gasteiger partial charge in [-0.1, -0.05) is 12.1 Å². The Morgan fingerprint density at radius 1 is 1.21 bits per heavy atom. The Labute approximate surface area is 190 Å². The number of ether oxygens (including phenoxy) is 1. The number of furan rings is 1. The number of carbonyl (C=O) groups excluding carboxylic acids is 2. The van der Waals surface area contributed by atoms with Crippen LogP contribution in [0.15, 0.2) is 58.3 Å². The van der Waals surface area contributed by atoms with Crippen LogP contribution in [0.1, 0.15) is 18.7 Å². The molecule has 2 aliphatic heterocycles. The molecular weight excluding hydrogens is 430 g/mol. The number of nitrogens with zero attached hydrogens (tertiary/aromatic N) is 3. The number of rotatable bonds is 7. The number of benzene rings is 1. The van der Waals surface area contributed by atoms with Gasteiger partial charge in [0.1, 0.15) is 17.5 Å². The molecule has 11 heteroatoms. The number of carbonyl (C=O) groups is 2. The number of piperazine rings is 1. The second-order valence-electron chi connectivity index (χ2n) is 7.67. The van der Waals surface area contributed by atoms with E-state index in [-0.39, 0.29) is 17.2 Å². The highest BCUT2D eigenvalue weighted by Crippen LogP contribution is 2.30. The van der Waals surface area contributed by atoms with E-state index in [1.54, 1.807) is 37.3 Å². The fourth-order valence-corrected chi connectivity index (χ4v) is 4.12. The van der Waals surface area contributed by atoms with E-state index in [2.05, 4.69) is 15.5 Å². The lowest BCUT2D eigenvalue weighted by atomic mass is 9.99. The first-order chi connectivity index (χ1) is 16.0. The highest BCUT2D eigenvalue weighted by atomic mass is 16.6. The minimum Gasteiger partial charge on any atom is -0.467 e. The molecule has 11 nitrogen and oxygen atoms in total. The van der Waals surface area contributed by atoms with Crippen molar-refractivity contribution in [2.24, 2.45) is 0 Å². The molecule has 0 radical (unpaired) electrons. The Morgan fingerprint density at radius 2 is 1.97 bits per heavy atom. The SMILES string of the molecule is CCOC(=O)C1=C(CN2CCN(c3ccccc3[N+](=O)[O-])CC2)NC(=O)NC1c1ccco1. The van der Waals surface area contributed by atoms with Crippen molar-refractivity contribution in [2.75, 3.05) is 44.2 Å². The number of nitrogens with one attached hydrogen (secondary N) is 2.